The van der Waals surface area contributed by atoms with Crippen molar-refractivity contribution >= 4 is 17.9 Å². The third-order valence-corrected chi connectivity index (χ3v) is 2.10. The van der Waals surface area contributed by atoms with Crippen LogP contribution < -0.4 is 0 Å². The van der Waals surface area contributed by atoms with Gasteiger partial charge in [0.1, 0.15) is 11.8 Å². The van der Waals surface area contributed by atoms with Crippen molar-refractivity contribution in [1.82, 2.24) is 4.98 Å². The highest BCUT2D eigenvalue weighted by atomic mass is 35.5. The summed E-state index contributed by atoms with van der Waals surface area (Å²) in [5, 5.41) is 8.71. The maximum atomic E-state index is 12.6. The van der Waals surface area contributed by atoms with Crippen LogP contribution in [0.4, 0.5) is 8.78 Å². The molecule has 1 rings (SSSR count). The summed E-state index contributed by atoms with van der Waals surface area (Å²) >= 11 is 5.46. The average Bonchev–Trinajstić information content (AvgIpc) is 2.26. The summed E-state index contributed by atoms with van der Waals surface area (Å²) in [5.74, 6) is -0.102. The van der Waals surface area contributed by atoms with Crippen molar-refractivity contribution in [3.63, 3.8) is 0 Å². The van der Waals surface area contributed by atoms with Crippen molar-refractivity contribution in [3.05, 3.63) is 28.6 Å². The second kappa shape index (κ2) is 4.80. The van der Waals surface area contributed by atoms with Gasteiger partial charge in [0, 0.05) is 11.8 Å². The molecule has 0 fully saturated rings. The summed E-state index contributed by atoms with van der Waals surface area (Å²) in [6, 6.07) is 1.61. The van der Waals surface area contributed by atoms with Crippen molar-refractivity contribution in [3.8, 4) is 6.07 Å². The van der Waals surface area contributed by atoms with Crippen LogP contribution >= 0.6 is 11.6 Å². The molecule has 0 aliphatic heterocycles. The van der Waals surface area contributed by atoms with Crippen LogP contribution in [0.15, 0.2) is 6.20 Å². The van der Waals surface area contributed by atoms with E-state index in [0.29, 0.717) is 0 Å². The summed E-state index contributed by atoms with van der Waals surface area (Å²) in [5.41, 5.74) is -1.14. The average molecular weight is 231 g/mol. The van der Waals surface area contributed by atoms with E-state index in [1.54, 1.807) is 6.07 Å². The topological polar surface area (TPSA) is 53.8 Å². The first-order valence-electron chi connectivity index (χ1n) is 3.86. The summed E-state index contributed by atoms with van der Waals surface area (Å²) < 4.78 is 25.2. The third-order valence-electron chi connectivity index (χ3n) is 1.81. The molecule has 0 spiro atoms. The van der Waals surface area contributed by atoms with Crippen molar-refractivity contribution in [2.45, 2.75) is 12.3 Å². The molecule has 0 atom stereocenters. The van der Waals surface area contributed by atoms with Crippen LogP contribution in [0, 0.1) is 11.3 Å². The number of halogens is 3. The van der Waals surface area contributed by atoms with Crippen LogP contribution in [-0.4, -0.2) is 11.3 Å². The minimum Gasteiger partial charge on any atom is -0.296 e. The Bertz CT molecular complexity index is 429. The Morgan fingerprint density at radius 3 is 2.73 bits per heavy atom. The molecule has 6 heteroatoms. The molecule has 0 saturated carbocycles. The number of hydrogen-bond donors (Lipinski definition) is 0. The van der Waals surface area contributed by atoms with Gasteiger partial charge in [-0.2, -0.15) is 5.26 Å². The van der Waals surface area contributed by atoms with Gasteiger partial charge in [-0.3, -0.25) is 9.78 Å². The van der Waals surface area contributed by atoms with Crippen LogP contribution in [0.3, 0.4) is 0 Å². The number of carbonyl (C=O) groups excluding carboxylic acids is 1. The van der Waals surface area contributed by atoms with Gasteiger partial charge in [-0.05, 0) is 0 Å². The van der Waals surface area contributed by atoms with Crippen molar-refractivity contribution in [1.29, 1.82) is 5.26 Å². The molecule has 3 nitrogen and oxygen atoms in total. The molecule has 0 radical (unpaired) electrons. The van der Waals surface area contributed by atoms with E-state index in [4.69, 9.17) is 16.9 Å². The molecule has 0 saturated heterocycles. The molecule has 0 bridgehead atoms. The zero-order valence-corrected chi connectivity index (χ0v) is 8.13. The first kappa shape index (κ1) is 11.5. The second-order valence-corrected chi connectivity index (χ2v) is 2.89. The van der Waals surface area contributed by atoms with E-state index in [2.05, 4.69) is 4.98 Å². The molecule has 0 unspecified atom stereocenters. The van der Waals surface area contributed by atoms with E-state index < -0.39 is 17.7 Å². The van der Waals surface area contributed by atoms with E-state index in [0.717, 1.165) is 6.20 Å². The predicted octanol–water partition coefficient (Wildman–Crippen LogP) is 2.44. The number of hydrogen-bond acceptors (Lipinski definition) is 3. The monoisotopic (exact) mass is 230 g/mol. The van der Waals surface area contributed by atoms with Gasteiger partial charge in [-0.1, -0.05) is 0 Å². The Hall–Kier alpha value is -1.54. The smallest absolute Gasteiger partial charge is 0.267 e. The first-order valence-corrected chi connectivity index (χ1v) is 4.40. The van der Waals surface area contributed by atoms with Crippen LogP contribution in [0.5, 0.6) is 0 Å². The SMILES string of the molecule is N#Cc1c(CCl)cnc(C=O)c1C(F)F. The maximum Gasteiger partial charge on any atom is 0.267 e. The van der Waals surface area contributed by atoms with Crippen molar-refractivity contribution in [2.24, 2.45) is 0 Å². The fourth-order valence-electron chi connectivity index (χ4n) is 1.13. The van der Waals surface area contributed by atoms with Crippen molar-refractivity contribution in [2.75, 3.05) is 0 Å². The Balaban J connectivity index is 3.53. The fourth-order valence-corrected chi connectivity index (χ4v) is 1.33. The Kier molecular flexibility index (Phi) is 3.69. The van der Waals surface area contributed by atoms with Gasteiger partial charge in [0.05, 0.1) is 17.0 Å². The highest BCUT2D eigenvalue weighted by molar-refractivity contribution is 6.17. The minimum atomic E-state index is -2.92. The summed E-state index contributed by atoms with van der Waals surface area (Å²) in [4.78, 5) is 14.0. The highest BCUT2D eigenvalue weighted by Crippen LogP contribution is 2.27. The molecular weight excluding hydrogens is 226 g/mol. The van der Waals surface area contributed by atoms with Crippen LogP contribution in [-0.2, 0) is 5.88 Å². The van der Waals surface area contributed by atoms with Crippen LogP contribution in [0.1, 0.15) is 33.6 Å². The summed E-state index contributed by atoms with van der Waals surface area (Å²) in [7, 11) is 0. The van der Waals surface area contributed by atoms with Gasteiger partial charge in [0.15, 0.2) is 6.29 Å². The Labute approximate surface area is 89.3 Å². The molecule has 78 valence electrons. The molecule has 0 aromatic carbocycles. The second-order valence-electron chi connectivity index (χ2n) is 2.62. The zero-order valence-electron chi connectivity index (χ0n) is 7.38. The highest BCUT2D eigenvalue weighted by Gasteiger charge is 2.21. The van der Waals surface area contributed by atoms with Crippen LogP contribution in [0.2, 0.25) is 0 Å². The van der Waals surface area contributed by atoms with Gasteiger partial charge in [0.2, 0.25) is 0 Å². The lowest BCUT2D eigenvalue weighted by Crippen LogP contribution is -2.04. The summed E-state index contributed by atoms with van der Waals surface area (Å²) in [6.45, 7) is 0. The van der Waals surface area contributed by atoms with E-state index >= 15 is 0 Å². The Morgan fingerprint density at radius 1 is 1.67 bits per heavy atom. The number of aldehydes is 1. The Morgan fingerprint density at radius 2 is 2.33 bits per heavy atom. The lowest BCUT2D eigenvalue weighted by molar-refractivity contribution is 0.110. The molecule has 0 aliphatic carbocycles. The predicted molar refractivity (Wildman–Crippen MR) is 48.9 cm³/mol. The van der Waals surface area contributed by atoms with Gasteiger partial charge in [-0.15, -0.1) is 11.6 Å². The van der Waals surface area contributed by atoms with Crippen LogP contribution in [0.25, 0.3) is 0 Å². The van der Waals surface area contributed by atoms with Crippen molar-refractivity contribution < 1.29 is 13.6 Å². The number of carbonyl (C=O) groups is 1. The molecule has 1 heterocycles. The van der Waals surface area contributed by atoms with E-state index in [9.17, 15) is 13.6 Å². The van der Waals surface area contributed by atoms with Gasteiger partial charge in [0.25, 0.3) is 6.43 Å². The molecular formula is C9H5ClF2N2O. The molecule has 1 aromatic rings. The lowest BCUT2D eigenvalue weighted by Gasteiger charge is -2.07. The number of pyridine rings is 1. The number of aromatic nitrogens is 1. The first-order chi connectivity index (χ1) is 7.15. The molecule has 15 heavy (non-hydrogen) atoms. The zero-order chi connectivity index (χ0) is 11.4. The van der Waals surface area contributed by atoms with Gasteiger partial charge < -0.3 is 0 Å². The fraction of sp³-hybridized carbons (Fsp3) is 0.222. The minimum absolute atomic E-state index is 0.102. The largest absolute Gasteiger partial charge is 0.296 e. The normalized spacial score (nSPS) is 10.1. The molecule has 0 amide bonds. The maximum absolute atomic E-state index is 12.6. The lowest BCUT2D eigenvalue weighted by atomic mass is 10.0. The molecule has 0 aliphatic rings. The van der Waals surface area contributed by atoms with E-state index in [-0.39, 0.29) is 23.3 Å². The number of rotatable bonds is 3. The number of nitriles is 1. The number of alkyl halides is 3. The molecule has 1 aromatic heterocycles. The van der Waals surface area contributed by atoms with Gasteiger partial charge >= 0.3 is 0 Å². The standard InChI is InChI=1S/C9H5ClF2N2O/c10-1-5-3-14-7(4-15)8(9(11)12)6(5)2-13/h3-4,9H,1H2. The molecule has 0 N–H and O–H groups in total. The third kappa shape index (κ3) is 2.10. The van der Waals surface area contributed by atoms with E-state index in [1.807, 2.05) is 0 Å². The summed E-state index contributed by atoms with van der Waals surface area (Å²) in [6.07, 6.45) is -1.57. The van der Waals surface area contributed by atoms with E-state index in [1.165, 1.54) is 0 Å². The van der Waals surface area contributed by atoms with Gasteiger partial charge in [-0.25, -0.2) is 8.78 Å². The number of nitrogens with zero attached hydrogens (tertiary/aromatic N) is 2. The quantitative estimate of drug-likeness (QED) is 0.592.